The second kappa shape index (κ2) is 7.60. The van der Waals surface area contributed by atoms with Crippen molar-refractivity contribution >= 4 is 11.6 Å². The van der Waals surface area contributed by atoms with Crippen molar-refractivity contribution in [3.63, 3.8) is 0 Å². The van der Waals surface area contributed by atoms with Gasteiger partial charge in [0.1, 0.15) is 11.6 Å². The molecule has 1 aromatic heterocycles. The van der Waals surface area contributed by atoms with E-state index in [1.807, 2.05) is 6.20 Å². The largest absolute Gasteiger partial charge is 0.342 e. The van der Waals surface area contributed by atoms with Gasteiger partial charge in [0.25, 0.3) is 0 Å². The average molecular weight is 370 g/mol. The Hall–Kier alpha value is -2.17. The number of hydrogen-bond donors (Lipinski definition) is 1. The molecule has 0 saturated carbocycles. The summed E-state index contributed by atoms with van der Waals surface area (Å²) in [6.45, 7) is 3.14. The van der Waals surface area contributed by atoms with Crippen molar-refractivity contribution in [3.05, 3.63) is 77.0 Å². The van der Waals surface area contributed by atoms with E-state index in [1.165, 1.54) is 11.6 Å². The first kappa shape index (κ1) is 17.3. The predicted octanol–water partition coefficient (Wildman–Crippen LogP) is 5.25. The van der Waals surface area contributed by atoms with Gasteiger partial charge in [0.2, 0.25) is 0 Å². The fourth-order valence-corrected chi connectivity index (χ4v) is 3.74. The van der Waals surface area contributed by atoms with Crippen LogP contribution in [0.15, 0.2) is 54.7 Å². The van der Waals surface area contributed by atoms with E-state index < -0.39 is 5.82 Å². The number of H-pyrrole nitrogens is 1. The average Bonchev–Trinajstić information content (AvgIpc) is 3.16. The molecule has 26 heavy (non-hydrogen) atoms. The van der Waals surface area contributed by atoms with Crippen LogP contribution >= 0.6 is 11.6 Å². The SMILES string of the molecule is Fc1ccc(-c2cnc(C3CCN(Cc4ccccc4)CC3)[nH]2)cc1Cl. The topological polar surface area (TPSA) is 31.9 Å². The van der Waals surface area contributed by atoms with Gasteiger partial charge < -0.3 is 4.98 Å². The first-order chi connectivity index (χ1) is 12.7. The fourth-order valence-electron chi connectivity index (χ4n) is 3.56. The highest BCUT2D eigenvalue weighted by atomic mass is 35.5. The van der Waals surface area contributed by atoms with E-state index in [0.29, 0.717) is 5.92 Å². The number of nitrogens with one attached hydrogen (secondary N) is 1. The van der Waals surface area contributed by atoms with Crippen molar-refractivity contribution in [3.8, 4) is 11.3 Å². The molecule has 0 aliphatic carbocycles. The Bertz CT molecular complexity index is 870. The minimum absolute atomic E-state index is 0.132. The minimum atomic E-state index is -0.402. The third-order valence-corrected chi connectivity index (χ3v) is 5.34. The van der Waals surface area contributed by atoms with Gasteiger partial charge in [-0.15, -0.1) is 0 Å². The summed E-state index contributed by atoms with van der Waals surface area (Å²) in [7, 11) is 0. The highest BCUT2D eigenvalue weighted by molar-refractivity contribution is 6.31. The molecule has 0 bridgehead atoms. The summed E-state index contributed by atoms with van der Waals surface area (Å²) in [6.07, 6.45) is 3.99. The molecule has 3 aromatic rings. The number of aromatic amines is 1. The molecule has 1 aliphatic heterocycles. The number of nitrogens with zero attached hydrogens (tertiary/aromatic N) is 2. The lowest BCUT2D eigenvalue weighted by molar-refractivity contribution is 0.202. The molecule has 1 saturated heterocycles. The Morgan fingerprint density at radius 3 is 2.62 bits per heavy atom. The van der Waals surface area contributed by atoms with Crippen molar-refractivity contribution < 1.29 is 4.39 Å². The van der Waals surface area contributed by atoms with E-state index in [9.17, 15) is 4.39 Å². The van der Waals surface area contributed by atoms with Crippen LogP contribution in [-0.2, 0) is 6.54 Å². The zero-order valence-electron chi connectivity index (χ0n) is 14.5. The minimum Gasteiger partial charge on any atom is -0.342 e. The van der Waals surface area contributed by atoms with Crippen LogP contribution in [0.5, 0.6) is 0 Å². The Balaban J connectivity index is 1.39. The summed E-state index contributed by atoms with van der Waals surface area (Å²) in [6, 6.07) is 15.3. The van der Waals surface area contributed by atoms with E-state index >= 15 is 0 Å². The normalized spacial score (nSPS) is 16.1. The highest BCUT2D eigenvalue weighted by Gasteiger charge is 2.23. The molecule has 134 valence electrons. The summed E-state index contributed by atoms with van der Waals surface area (Å²) in [5.74, 6) is 1.05. The maximum Gasteiger partial charge on any atom is 0.141 e. The molecule has 0 spiro atoms. The first-order valence-electron chi connectivity index (χ1n) is 8.95. The van der Waals surface area contributed by atoms with Crippen molar-refractivity contribution in [2.45, 2.75) is 25.3 Å². The second-order valence-electron chi connectivity index (χ2n) is 6.85. The Morgan fingerprint density at radius 1 is 1.12 bits per heavy atom. The van der Waals surface area contributed by atoms with Gasteiger partial charge in [0.15, 0.2) is 0 Å². The molecule has 4 rings (SSSR count). The molecular formula is C21H21ClFN3. The Labute approximate surface area is 157 Å². The number of imidazole rings is 1. The highest BCUT2D eigenvalue weighted by Crippen LogP contribution is 2.29. The number of piperidine rings is 1. The van der Waals surface area contributed by atoms with Crippen LogP contribution < -0.4 is 0 Å². The first-order valence-corrected chi connectivity index (χ1v) is 9.33. The number of likely N-dealkylation sites (tertiary alicyclic amines) is 1. The van der Waals surface area contributed by atoms with Crippen LogP contribution in [0.3, 0.4) is 0 Å². The fraction of sp³-hybridized carbons (Fsp3) is 0.286. The third kappa shape index (κ3) is 3.81. The number of benzene rings is 2. The summed E-state index contributed by atoms with van der Waals surface area (Å²) >= 11 is 5.89. The Kier molecular flexibility index (Phi) is 5.05. The summed E-state index contributed by atoms with van der Waals surface area (Å²) in [4.78, 5) is 10.5. The van der Waals surface area contributed by atoms with Crippen LogP contribution in [0.2, 0.25) is 5.02 Å². The standard InChI is InChI=1S/C21H21ClFN3/c22-18-12-17(6-7-19(18)23)20-13-24-21(25-20)16-8-10-26(11-9-16)14-15-4-2-1-3-5-15/h1-7,12-13,16H,8-11,14H2,(H,24,25). The van der Waals surface area contributed by atoms with Gasteiger partial charge in [-0.2, -0.15) is 0 Å². The van der Waals surface area contributed by atoms with Gasteiger partial charge in [0, 0.05) is 18.0 Å². The molecule has 0 radical (unpaired) electrons. The van der Waals surface area contributed by atoms with Crippen molar-refractivity contribution in [2.75, 3.05) is 13.1 Å². The quantitative estimate of drug-likeness (QED) is 0.681. The maximum atomic E-state index is 13.3. The molecule has 0 amide bonds. The van der Waals surface area contributed by atoms with Crippen molar-refractivity contribution in [1.82, 2.24) is 14.9 Å². The maximum absolute atomic E-state index is 13.3. The smallest absolute Gasteiger partial charge is 0.141 e. The van der Waals surface area contributed by atoms with E-state index in [1.54, 1.807) is 12.1 Å². The summed E-state index contributed by atoms with van der Waals surface area (Å²) in [5.41, 5.74) is 3.10. The molecule has 2 heterocycles. The van der Waals surface area contributed by atoms with E-state index in [2.05, 4.69) is 45.2 Å². The molecule has 1 aliphatic rings. The molecule has 1 fully saturated rings. The number of hydrogen-bond acceptors (Lipinski definition) is 2. The van der Waals surface area contributed by atoms with E-state index in [-0.39, 0.29) is 5.02 Å². The molecule has 0 atom stereocenters. The summed E-state index contributed by atoms with van der Waals surface area (Å²) < 4.78 is 13.3. The zero-order chi connectivity index (χ0) is 17.9. The van der Waals surface area contributed by atoms with Crippen molar-refractivity contribution in [1.29, 1.82) is 0 Å². The monoisotopic (exact) mass is 369 g/mol. The van der Waals surface area contributed by atoms with Gasteiger partial charge in [0.05, 0.1) is 16.9 Å². The van der Waals surface area contributed by atoms with Gasteiger partial charge in [-0.3, -0.25) is 4.90 Å². The predicted molar refractivity (Wildman–Crippen MR) is 103 cm³/mol. The molecule has 2 aromatic carbocycles. The summed E-state index contributed by atoms with van der Waals surface area (Å²) in [5, 5.41) is 0.132. The van der Waals surface area contributed by atoms with E-state index in [4.69, 9.17) is 11.6 Å². The zero-order valence-corrected chi connectivity index (χ0v) is 15.2. The van der Waals surface area contributed by atoms with Gasteiger partial charge >= 0.3 is 0 Å². The molecule has 0 unspecified atom stereocenters. The van der Waals surface area contributed by atoms with Crippen LogP contribution in [0, 0.1) is 5.82 Å². The van der Waals surface area contributed by atoms with Crippen LogP contribution in [0.4, 0.5) is 4.39 Å². The Morgan fingerprint density at radius 2 is 1.88 bits per heavy atom. The van der Waals surface area contributed by atoms with Crippen LogP contribution in [0.25, 0.3) is 11.3 Å². The van der Waals surface area contributed by atoms with E-state index in [0.717, 1.165) is 49.6 Å². The van der Waals surface area contributed by atoms with Crippen molar-refractivity contribution in [2.24, 2.45) is 0 Å². The second-order valence-corrected chi connectivity index (χ2v) is 7.25. The lowest BCUT2D eigenvalue weighted by Crippen LogP contribution is -2.32. The molecular weight excluding hydrogens is 349 g/mol. The number of aromatic nitrogens is 2. The third-order valence-electron chi connectivity index (χ3n) is 5.05. The van der Waals surface area contributed by atoms with Gasteiger partial charge in [-0.25, -0.2) is 9.37 Å². The molecule has 5 heteroatoms. The van der Waals surface area contributed by atoms with Crippen LogP contribution in [0.1, 0.15) is 30.1 Å². The van der Waals surface area contributed by atoms with Gasteiger partial charge in [-0.05, 0) is 49.7 Å². The lowest BCUT2D eigenvalue weighted by atomic mass is 9.96. The van der Waals surface area contributed by atoms with Gasteiger partial charge in [-0.1, -0.05) is 41.9 Å². The lowest BCUT2D eigenvalue weighted by Gasteiger charge is -2.31. The van der Waals surface area contributed by atoms with Crippen LogP contribution in [-0.4, -0.2) is 28.0 Å². The molecule has 3 nitrogen and oxygen atoms in total. The number of rotatable bonds is 4. The number of halogens is 2. The molecule has 1 N–H and O–H groups in total.